The van der Waals surface area contributed by atoms with Gasteiger partial charge >= 0.3 is 0 Å². The Balaban J connectivity index is 1.81. The SMILES string of the molecule is CCCCOCCCN1C(=O)C(Nc2ccc(OC)cc2)=C(c2ccc(Cl)cc2)C1=O. The Morgan fingerprint density at radius 2 is 1.61 bits per heavy atom. The second kappa shape index (κ2) is 11.0. The lowest BCUT2D eigenvalue weighted by Crippen LogP contribution is -2.34. The number of nitrogens with one attached hydrogen (secondary N) is 1. The standard InChI is InChI=1S/C24H27ClN2O4/c1-3-4-15-31-16-5-14-27-23(28)21(17-6-8-18(25)9-7-17)22(24(27)29)26-19-10-12-20(30-2)13-11-19/h6-13,26H,3-5,14-16H2,1-2H3. The third-order valence-electron chi connectivity index (χ3n) is 4.97. The van der Waals surface area contributed by atoms with Crippen LogP contribution >= 0.6 is 11.6 Å². The van der Waals surface area contributed by atoms with E-state index in [0.717, 1.165) is 12.8 Å². The Labute approximate surface area is 187 Å². The topological polar surface area (TPSA) is 67.9 Å². The molecule has 0 spiro atoms. The number of methoxy groups -OCH3 is 1. The third kappa shape index (κ3) is 5.66. The number of imide groups is 1. The molecule has 0 saturated carbocycles. The second-order valence-electron chi connectivity index (χ2n) is 7.19. The van der Waals surface area contributed by atoms with Gasteiger partial charge in [0.05, 0.1) is 12.7 Å². The van der Waals surface area contributed by atoms with Crippen LogP contribution in [0.1, 0.15) is 31.7 Å². The van der Waals surface area contributed by atoms with Gasteiger partial charge < -0.3 is 14.8 Å². The molecule has 1 heterocycles. The van der Waals surface area contributed by atoms with Crippen LogP contribution in [0.2, 0.25) is 5.02 Å². The van der Waals surface area contributed by atoms with Gasteiger partial charge in [-0.15, -0.1) is 0 Å². The molecule has 2 amide bonds. The van der Waals surface area contributed by atoms with Crippen molar-refractivity contribution in [1.82, 2.24) is 4.90 Å². The number of ether oxygens (including phenoxy) is 2. The molecule has 0 radical (unpaired) electrons. The molecular weight excluding hydrogens is 416 g/mol. The van der Waals surface area contributed by atoms with Crippen molar-refractivity contribution in [2.24, 2.45) is 0 Å². The van der Waals surface area contributed by atoms with E-state index in [1.807, 2.05) is 0 Å². The zero-order valence-electron chi connectivity index (χ0n) is 17.8. The van der Waals surface area contributed by atoms with E-state index < -0.39 is 0 Å². The number of nitrogens with zero attached hydrogens (tertiary/aromatic N) is 1. The summed E-state index contributed by atoms with van der Waals surface area (Å²) in [4.78, 5) is 27.6. The molecule has 0 fully saturated rings. The second-order valence-corrected chi connectivity index (χ2v) is 7.63. The number of amides is 2. The number of carbonyl (C=O) groups excluding carboxylic acids is 2. The number of hydrogen-bond acceptors (Lipinski definition) is 5. The normalized spacial score (nSPS) is 13.8. The van der Waals surface area contributed by atoms with Gasteiger partial charge in [0.1, 0.15) is 11.4 Å². The van der Waals surface area contributed by atoms with Gasteiger partial charge in [-0.05, 0) is 54.8 Å². The van der Waals surface area contributed by atoms with Crippen LogP contribution < -0.4 is 10.1 Å². The highest BCUT2D eigenvalue weighted by Gasteiger charge is 2.38. The number of rotatable bonds is 11. The van der Waals surface area contributed by atoms with Gasteiger partial charge in [0.15, 0.2) is 0 Å². The van der Waals surface area contributed by atoms with Crippen molar-refractivity contribution in [2.45, 2.75) is 26.2 Å². The molecule has 7 heteroatoms. The molecule has 2 aromatic rings. The van der Waals surface area contributed by atoms with E-state index >= 15 is 0 Å². The van der Waals surface area contributed by atoms with Crippen molar-refractivity contribution in [2.75, 3.05) is 32.2 Å². The summed E-state index contributed by atoms with van der Waals surface area (Å²) in [7, 11) is 1.59. The van der Waals surface area contributed by atoms with Gasteiger partial charge in [0, 0.05) is 30.5 Å². The van der Waals surface area contributed by atoms with Gasteiger partial charge in [-0.1, -0.05) is 37.1 Å². The predicted molar refractivity (Wildman–Crippen MR) is 122 cm³/mol. The summed E-state index contributed by atoms with van der Waals surface area (Å²) in [6, 6.07) is 14.1. The molecule has 3 rings (SSSR count). The van der Waals surface area contributed by atoms with Crippen molar-refractivity contribution in [3.8, 4) is 5.75 Å². The molecule has 0 saturated heterocycles. The molecular formula is C24H27ClN2O4. The zero-order chi connectivity index (χ0) is 22.2. The van der Waals surface area contributed by atoms with Crippen LogP contribution in [0, 0.1) is 0 Å². The fraction of sp³-hybridized carbons (Fsp3) is 0.333. The number of benzene rings is 2. The molecule has 0 aliphatic carbocycles. The Hall–Kier alpha value is -2.83. The number of anilines is 1. The highest BCUT2D eigenvalue weighted by molar-refractivity contribution is 6.36. The first-order valence-electron chi connectivity index (χ1n) is 10.4. The fourth-order valence-corrected chi connectivity index (χ4v) is 3.40. The molecule has 1 aliphatic rings. The quantitative estimate of drug-likeness (QED) is 0.402. The Morgan fingerprint density at radius 3 is 2.26 bits per heavy atom. The summed E-state index contributed by atoms with van der Waals surface area (Å²) in [5.41, 5.74) is 1.92. The largest absolute Gasteiger partial charge is 0.497 e. The highest BCUT2D eigenvalue weighted by Crippen LogP contribution is 2.31. The van der Waals surface area contributed by atoms with Crippen LogP contribution in [0.3, 0.4) is 0 Å². The maximum absolute atomic E-state index is 13.2. The maximum atomic E-state index is 13.2. The Bertz CT molecular complexity index is 939. The molecule has 6 nitrogen and oxygen atoms in total. The monoisotopic (exact) mass is 442 g/mol. The minimum absolute atomic E-state index is 0.254. The lowest BCUT2D eigenvalue weighted by molar-refractivity contribution is -0.137. The van der Waals surface area contributed by atoms with Crippen LogP contribution in [0.4, 0.5) is 5.69 Å². The number of halogens is 1. The van der Waals surface area contributed by atoms with Gasteiger partial charge in [-0.3, -0.25) is 14.5 Å². The fourth-order valence-electron chi connectivity index (χ4n) is 3.27. The van der Waals surface area contributed by atoms with Crippen LogP contribution in [-0.4, -0.2) is 43.6 Å². The van der Waals surface area contributed by atoms with Crippen molar-refractivity contribution in [1.29, 1.82) is 0 Å². The minimum Gasteiger partial charge on any atom is -0.497 e. The van der Waals surface area contributed by atoms with E-state index in [1.54, 1.807) is 55.6 Å². The van der Waals surface area contributed by atoms with Crippen molar-refractivity contribution in [3.05, 3.63) is 64.8 Å². The smallest absolute Gasteiger partial charge is 0.278 e. The van der Waals surface area contributed by atoms with E-state index in [4.69, 9.17) is 21.1 Å². The van der Waals surface area contributed by atoms with Gasteiger partial charge in [-0.2, -0.15) is 0 Å². The summed E-state index contributed by atoms with van der Waals surface area (Å²) in [5, 5.41) is 3.69. The predicted octanol–water partition coefficient (Wildman–Crippen LogP) is 4.75. The van der Waals surface area contributed by atoms with Crippen molar-refractivity contribution >= 4 is 34.7 Å². The average molecular weight is 443 g/mol. The van der Waals surface area contributed by atoms with Crippen LogP contribution in [0.25, 0.3) is 5.57 Å². The molecule has 1 N–H and O–H groups in total. The van der Waals surface area contributed by atoms with E-state index in [-0.39, 0.29) is 17.5 Å². The molecule has 0 bridgehead atoms. The lowest BCUT2D eigenvalue weighted by Gasteiger charge is -2.15. The Morgan fingerprint density at radius 1 is 0.935 bits per heavy atom. The van der Waals surface area contributed by atoms with Gasteiger partial charge in [0.25, 0.3) is 11.8 Å². The molecule has 2 aromatic carbocycles. The van der Waals surface area contributed by atoms with Gasteiger partial charge in [-0.25, -0.2) is 0 Å². The van der Waals surface area contributed by atoms with Crippen molar-refractivity contribution < 1.29 is 19.1 Å². The summed E-state index contributed by atoms with van der Waals surface area (Å²) in [6.07, 6.45) is 2.66. The molecule has 0 aromatic heterocycles. The zero-order valence-corrected chi connectivity index (χ0v) is 18.6. The first kappa shape index (κ1) is 22.8. The number of hydrogen-bond donors (Lipinski definition) is 1. The van der Waals surface area contributed by atoms with E-state index in [9.17, 15) is 9.59 Å². The molecule has 0 unspecified atom stereocenters. The molecule has 1 aliphatic heterocycles. The lowest BCUT2D eigenvalue weighted by atomic mass is 10.0. The third-order valence-corrected chi connectivity index (χ3v) is 5.22. The van der Waals surface area contributed by atoms with Crippen molar-refractivity contribution in [3.63, 3.8) is 0 Å². The summed E-state index contributed by atoms with van der Waals surface area (Å²) in [6.45, 7) is 3.60. The first-order chi connectivity index (χ1) is 15.0. The van der Waals surface area contributed by atoms with E-state index in [0.29, 0.717) is 53.8 Å². The Kier molecular flexibility index (Phi) is 8.09. The summed E-state index contributed by atoms with van der Waals surface area (Å²) in [5.74, 6) is 0.0344. The number of carbonyl (C=O) groups is 2. The van der Waals surface area contributed by atoms with E-state index in [2.05, 4.69) is 12.2 Å². The minimum atomic E-state index is -0.348. The average Bonchev–Trinajstić information content (AvgIpc) is 3.01. The van der Waals surface area contributed by atoms with Crippen LogP contribution in [0.5, 0.6) is 5.75 Å². The van der Waals surface area contributed by atoms with Gasteiger partial charge in [0.2, 0.25) is 0 Å². The highest BCUT2D eigenvalue weighted by atomic mass is 35.5. The summed E-state index contributed by atoms with van der Waals surface area (Å²) < 4.78 is 10.8. The maximum Gasteiger partial charge on any atom is 0.278 e. The van der Waals surface area contributed by atoms with E-state index in [1.165, 1.54) is 4.90 Å². The molecule has 164 valence electrons. The first-order valence-corrected chi connectivity index (χ1v) is 10.8. The summed E-state index contributed by atoms with van der Waals surface area (Å²) >= 11 is 6.01. The number of unbranched alkanes of at least 4 members (excludes halogenated alkanes) is 1. The van der Waals surface area contributed by atoms with Crippen LogP contribution in [0.15, 0.2) is 54.2 Å². The molecule has 31 heavy (non-hydrogen) atoms. The molecule has 0 atom stereocenters. The van der Waals surface area contributed by atoms with Crippen LogP contribution in [-0.2, 0) is 14.3 Å².